The first-order valence-electron chi connectivity index (χ1n) is 7.21. The number of nitrogens with two attached hydrogens (primary N) is 1. The molecule has 0 aromatic carbocycles. The fraction of sp³-hybridized carbons (Fsp3) is 0.769. The smallest absolute Gasteiger partial charge is 0.184 e. The maximum Gasteiger partial charge on any atom is 0.184 e. The predicted octanol–water partition coefficient (Wildman–Crippen LogP) is 1.87. The minimum atomic E-state index is -3.42. The van der Waals surface area contributed by atoms with E-state index < -0.39 is 15.4 Å². The number of hydrogen-bond donors (Lipinski definition) is 3. The van der Waals surface area contributed by atoms with E-state index in [0.717, 1.165) is 37.2 Å². The Morgan fingerprint density at radius 2 is 2.10 bits per heavy atom. The van der Waals surface area contributed by atoms with Crippen molar-refractivity contribution in [2.45, 2.75) is 50.0 Å². The van der Waals surface area contributed by atoms with Crippen LogP contribution in [0.5, 0.6) is 0 Å². The number of anilines is 2. The number of rotatable bonds is 5. The van der Waals surface area contributed by atoms with Gasteiger partial charge >= 0.3 is 0 Å². The van der Waals surface area contributed by atoms with Gasteiger partial charge in [0.15, 0.2) is 15.7 Å². The molecule has 2 rings (SSSR count). The fourth-order valence-electron chi connectivity index (χ4n) is 2.57. The van der Waals surface area contributed by atoms with Crippen molar-refractivity contribution in [1.29, 1.82) is 0 Å². The first kappa shape index (κ1) is 16.5. The molecule has 0 bridgehead atoms. The van der Waals surface area contributed by atoms with E-state index in [-0.39, 0.29) is 16.5 Å². The van der Waals surface area contributed by atoms with Gasteiger partial charge in [0.05, 0.1) is 11.4 Å². The zero-order valence-corrected chi connectivity index (χ0v) is 14.1. The van der Waals surface area contributed by atoms with Crippen molar-refractivity contribution in [2.24, 2.45) is 5.92 Å². The van der Waals surface area contributed by atoms with E-state index in [1.54, 1.807) is 6.92 Å². The van der Waals surface area contributed by atoms with Crippen molar-refractivity contribution >= 4 is 32.2 Å². The molecule has 6 nitrogen and oxygen atoms in total. The number of hydrogen-bond acceptors (Lipinski definition) is 7. The topological polar surface area (TPSA) is 105 Å². The molecular formula is C13H23N3O3S2. The molecule has 0 radical (unpaired) electrons. The summed E-state index contributed by atoms with van der Waals surface area (Å²) in [5, 5.41) is 14.0. The Morgan fingerprint density at radius 1 is 1.48 bits per heavy atom. The molecule has 0 aliphatic heterocycles. The lowest BCUT2D eigenvalue weighted by atomic mass is 9.79. The van der Waals surface area contributed by atoms with E-state index in [1.165, 1.54) is 0 Å². The number of nitrogen functional groups attached to an aromatic ring is 1. The van der Waals surface area contributed by atoms with Crippen molar-refractivity contribution in [1.82, 2.24) is 4.37 Å². The second-order valence-corrected chi connectivity index (χ2v) is 8.88. The molecule has 1 aliphatic rings. The highest BCUT2D eigenvalue weighted by atomic mass is 32.2. The normalized spacial score (nSPS) is 26.7. The molecule has 1 saturated carbocycles. The summed E-state index contributed by atoms with van der Waals surface area (Å²) >= 11 is 1.03. The number of nitrogens with zero attached hydrogens (tertiary/aromatic N) is 1. The number of nitrogens with one attached hydrogen (secondary N) is 1. The summed E-state index contributed by atoms with van der Waals surface area (Å²) in [5.74, 6) is 0.653. The Morgan fingerprint density at radius 3 is 2.67 bits per heavy atom. The van der Waals surface area contributed by atoms with Gasteiger partial charge in [-0.05, 0) is 43.1 Å². The van der Waals surface area contributed by atoms with Gasteiger partial charge in [0.25, 0.3) is 0 Å². The molecule has 0 saturated heterocycles. The van der Waals surface area contributed by atoms with Gasteiger partial charge in [-0.15, -0.1) is 0 Å². The summed E-state index contributed by atoms with van der Waals surface area (Å²) < 4.78 is 28.0. The van der Waals surface area contributed by atoms with Crippen LogP contribution >= 0.6 is 11.5 Å². The molecule has 120 valence electrons. The summed E-state index contributed by atoms with van der Waals surface area (Å²) in [6.45, 7) is 4.09. The zero-order valence-electron chi connectivity index (χ0n) is 12.4. The van der Waals surface area contributed by atoms with Crippen LogP contribution in [0.25, 0.3) is 0 Å². The first-order chi connectivity index (χ1) is 9.77. The van der Waals surface area contributed by atoms with Crippen LogP contribution in [0.3, 0.4) is 0 Å². The first-order valence-corrected chi connectivity index (χ1v) is 9.64. The second kappa shape index (κ2) is 6.10. The summed E-state index contributed by atoms with van der Waals surface area (Å²) in [7, 11) is -3.42. The van der Waals surface area contributed by atoms with Crippen molar-refractivity contribution in [3.8, 4) is 0 Å². The van der Waals surface area contributed by atoms with Gasteiger partial charge in [0.2, 0.25) is 0 Å². The predicted molar refractivity (Wildman–Crippen MR) is 85.3 cm³/mol. The molecule has 21 heavy (non-hydrogen) atoms. The quantitative estimate of drug-likeness (QED) is 0.760. The fourth-order valence-corrected chi connectivity index (χ4v) is 4.74. The third kappa shape index (κ3) is 3.67. The van der Waals surface area contributed by atoms with Crippen LogP contribution in [0.4, 0.5) is 10.8 Å². The molecule has 0 amide bonds. The van der Waals surface area contributed by atoms with Gasteiger partial charge in [-0.2, -0.15) is 4.37 Å². The standard InChI is InChI=1S/C13H23N3O3S2/c1-3-21(18,19)10-11(14)16-20-12(10)15-8-13(17)6-4-9(2)5-7-13/h9,15,17H,3-8H2,1-2H3,(H2,14,16). The summed E-state index contributed by atoms with van der Waals surface area (Å²) in [6, 6.07) is 0. The van der Waals surface area contributed by atoms with Crippen molar-refractivity contribution in [3.63, 3.8) is 0 Å². The van der Waals surface area contributed by atoms with Crippen LogP contribution in [-0.2, 0) is 9.84 Å². The van der Waals surface area contributed by atoms with Crippen LogP contribution in [0.2, 0.25) is 0 Å². The van der Waals surface area contributed by atoms with Gasteiger partial charge in [-0.1, -0.05) is 13.8 Å². The Balaban J connectivity index is 2.11. The van der Waals surface area contributed by atoms with Gasteiger partial charge in [-0.3, -0.25) is 0 Å². The monoisotopic (exact) mass is 333 g/mol. The molecule has 1 aromatic heterocycles. The van der Waals surface area contributed by atoms with E-state index in [4.69, 9.17) is 5.73 Å². The molecular weight excluding hydrogens is 310 g/mol. The lowest BCUT2D eigenvalue weighted by Gasteiger charge is -2.35. The maximum absolute atomic E-state index is 12.1. The number of sulfone groups is 1. The lowest BCUT2D eigenvalue weighted by molar-refractivity contribution is 0.00503. The highest BCUT2D eigenvalue weighted by Crippen LogP contribution is 2.35. The number of aromatic nitrogens is 1. The molecule has 1 fully saturated rings. The van der Waals surface area contributed by atoms with Gasteiger partial charge in [-0.25, -0.2) is 8.42 Å². The van der Waals surface area contributed by atoms with Crippen LogP contribution in [0.15, 0.2) is 4.90 Å². The largest absolute Gasteiger partial charge is 0.388 e. The van der Waals surface area contributed by atoms with E-state index in [0.29, 0.717) is 17.5 Å². The molecule has 4 N–H and O–H groups in total. The van der Waals surface area contributed by atoms with Crippen LogP contribution in [-0.4, -0.2) is 35.8 Å². The van der Waals surface area contributed by atoms with Gasteiger partial charge < -0.3 is 16.2 Å². The van der Waals surface area contributed by atoms with Gasteiger partial charge in [0, 0.05) is 6.54 Å². The van der Waals surface area contributed by atoms with E-state index in [2.05, 4.69) is 16.6 Å². The van der Waals surface area contributed by atoms with E-state index >= 15 is 0 Å². The average molecular weight is 333 g/mol. The molecule has 0 unspecified atom stereocenters. The summed E-state index contributed by atoms with van der Waals surface area (Å²) in [6.07, 6.45) is 3.43. The maximum atomic E-state index is 12.1. The summed E-state index contributed by atoms with van der Waals surface area (Å²) in [4.78, 5) is 0.0720. The molecule has 8 heteroatoms. The Bertz CT molecular complexity index is 590. The highest BCUT2D eigenvalue weighted by Gasteiger charge is 2.33. The van der Waals surface area contributed by atoms with Gasteiger partial charge in [0.1, 0.15) is 9.90 Å². The van der Waals surface area contributed by atoms with Crippen molar-refractivity contribution in [2.75, 3.05) is 23.3 Å². The third-order valence-electron chi connectivity index (χ3n) is 4.15. The molecule has 0 atom stereocenters. The lowest BCUT2D eigenvalue weighted by Crippen LogP contribution is -2.40. The second-order valence-electron chi connectivity index (χ2n) is 5.89. The van der Waals surface area contributed by atoms with Crippen LogP contribution < -0.4 is 11.1 Å². The van der Waals surface area contributed by atoms with Crippen molar-refractivity contribution in [3.05, 3.63) is 0 Å². The average Bonchev–Trinajstić information content (AvgIpc) is 2.82. The molecule has 1 heterocycles. The molecule has 1 aromatic rings. The SMILES string of the molecule is CCS(=O)(=O)c1c(N)nsc1NCC1(O)CCC(C)CC1. The highest BCUT2D eigenvalue weighted by molar-refractivity contribution is 7.91. The van der Waals surface area contributed by atoms with E-state index in [9.17, 15) is 13.5 Å². The zero-order chi connectivity index (χ0) is 15.7. The Hall–Kier alpha value is -0.860. The third-order valence-corrected chi connectivity index (χ3v) is 6.89. The Labute approximate surface area is 129 Å². The molecule has 0 spiro atoms. The van der Waals surface area contributed by atoms with Crippen LogP contribution in [0, 0.1) is 5.92 Å². The van der Waals surface area contributed by atoms with Crippen LogP contribution in [0.1, 0.15) is 39.5 Å². The summed E-state index contributed by atoms with van der Waals surface area (Å²) in [5.41, 5.74) is 4.90. The molecule has 1 aliphatic carbocycles. The minimum absolute atomic E-state index is 0.0218. The Kier molecular flexibility index (Phi) is 4.79. The van der Waals surface area contributed by atoms with E-state index in [1.807, 2.05) is 0 Å². The van der Waals surface area contributed by atoms with Crippen molar-refractivity contribution < 1.29 is 13.5 Å². The number of aliphatic hydroxyl groups is 1. The minimum Gasteiger partial charge on any atom is -0.388 e.